The molecule has 5 nitrogen and oxygen atoms in total. The Morgan fingerprint density at radius 1 is 1.50 bits per heavy atom. The van der Waals surface area contributed by atoms with Crippen molar-refractivity contribution in [1.82, 2.24) is 15.5 Å². The number of aliphatic hydroxyl groups is 1. The lowest BCUT2D eigenvalue weighted by atomic mass is 9.98. The van der Waals surface area contributed by atoms with E-state index in [1.54, 1.807) is 0 Å². The average Bonchev–Trinajstić information content (AvgIpc) is 2.78. The molecule has 0 aromatic rings. The van der Waals surface area contributed by atoms with E-state index in [9.17, 15) is 0 Å². The van der Waals surface area contributed by atoms with Crippen LogP contribution >= 0.6 is 0 Å². The number of rotatable bonds is 3. The van der Waals surface area contributed by atoms with Crippen LogP contribution in [-0.2, 0) is 4.84 Å². The molecule has 1 fully saturated rings. The molecule has 0 saturated carbocycles. The quantitative estimate of drug-likeness (QED) is 0.741. The minimum absolute atomic E-state index is 0.310. The van der Waals surface area contributed by atoms with Gasteiger partial charge in [-0.15, -0.1) is 0 Å². The fourth-order valence-electron chi connectivity index (χ4n) is 2.01. The summed E-state index contributed by atoms with van der Waals surface area (Å²) in [5.74, 6) is 1.36. The minimum atomic E-state index is 0.310. The molecule has 92 valence electrons. The van der Waals surface area contributed by atoms with Gasteiger partial charge < -0.3 is 14.8 Å². The van der Waals surface area contributed by atoms with Crippen molar-refractivity contribution in [2.75, 3.05) is 19.7 Å². The Kier molecular flexibility index (Phi) is 3.56. The summed E-state index contributed by atoms with van der Waals surface area (Å²) in [5.41, 5.74) is 2.88. The van der Waals surface area contributed by atoms with E-state index >= 15 is 0 Å². The molecule has 2 aliphatic rings. The number of hydrazine groups is 1. The molecule has 5 heteroatoms. The van der Waals surface area contributed by atoms with Gasteiger partial charge in [-0.05, 0) is 32.6 Å². The zero-order chi connectivity index (χ0) is 11.5. The van der Waals surface area contributed by atoms with Crippen molar-refractivity contribution < 1.29 is 9.94 Å². The van der Waals surface area contributed by atoms with Crippen LogP contribution in [0.2, 0.25) is 0 Å². The van der Waals surface area contributed by atoms with Gasteiger partial charge in [-0.25, -0.2) is 0 Å². The van der Waals surface area contributed by atoms with Crippen LogP contribution in [0.3, 0.4) is 0 Å². The first kappa shape index (κ1) is 11.5. The fourth-order valence-corrected chi connectivity index (χ4v) is 2.01. The standard InChI is InChI=1S/C11H21N3O2/c1-9(2)14-7-11(16-12-14)13-5-3-10(8-15)4-6-13/h7,9-10,12,15H,3-6,8H2,1-2H3. The Labute approximate surface area is 96.6 Å². The molecule has 0 radical (unpaired) electrons. The number of hydrogen-bond donors (Lipinski definition) is 2. The van der Waals surface area contributed by atoms with Crippen molar-refractivity contribution in [1.29, 1.82) is 0 Å². The maximum atomic E-state index is 9.07. The Bertz CT molecular complexity index is 260. The van der Waals surface area contributed by atoms with Crippen LogP contribution in [0.25, 0.3) is 0 Å². The molecule has 16 heavy (non-hydrogen) atoms. The molecule has 2 heterocycles. The third-order valence-electron chi connectivity index (χ3n) is 3.25. The normalized spacial score (nSPS) is 22.6. The van der Waals surface area contributed by atoms with Gasteiger partial charge in [0.1, 0.15) is 0 Å². The maximum absolute atomic E-state index is 9.07. The van der Waals surface area contributed by atoms with Crippen molar-refractivity contribution in [2.24, 2.45) is 5.92 Å². The molecule has 0 unspecified atom stereocenters. The first-order valence-corrected chi connectivity index (χ1v) is 5.99. The lowest BCUT2D eigenvalue weighted by Crippen LogP contribution is -2.35. The summed E-state index contributed by atoms with van der Waals surface area (Å²) in [6.45, 7) is 6.45. The molecule has 0 amide bonds. The zero-order valence-electron chi connectivity index (χ0n) is 10.0. The number of nitrogens with zero attached hydrogens (tertiary/aromatic N) is 2. The summed E-state index contributed by atoms with van der Waals surface area (Å²) in [4.78, 5) is 7.66. The van der Waals surface area contributed by atoms with Crippen LogP contribution in [0.5, 0.6) is 0 Å². The molecular weight excluding hydrogens is 206 g/mol. The zero-order valence-corrected chi connectivity index (χ0v) is 10.0. The monoisotopic (exact) mass is 227 g/mol. The lowest BCUT2D eigenvalue weighted by Gasteiger charge is -2.31. The van der Waals surface area contributed by atoms with Crippen LogP contribution in [0.15, 0.2) is 12.1 Å². The highest BCUT2D eigenvalue weighted by Gasteiger charge is 2.25. The number of likely N-dealkylation sites (tertiary alicyclic amines) is 1. The minimum Gasteiger partial charge on any atom is -0.396 e. The van der Waals surface area contributed by atoms with Gasteiger partial charge in [-0.1, -0.05) is 5.59 Å². The van der Waals surface area contributed by atoms with Crippen molar-refractivity contribution in [3.8, 4) is 0 Å². The van der Waals surface area contributed by atoms with E-state index in [4.69, 9.17) is 9.94 Å². The van der Waals surface area contributed by atoms with Gasteiger partial charge >= 0.3 is 0 Å². The number of piperidine rings is 1. The van der Waals surface area contributed by atoms with Gasteiger partial charge in [0.25, 0.3) is 0 Å². The summed E-state index contributed by atoms with van der Waals surface area (Å²) in [6.07, 6.45) is 4.09. The second-order valence-electron chi connectivity index (χ2n) is 4.77. The predicted molar refractivity (Wildman–Crippen MR) is 60.7 cm³/mol. The van der Waals surface area contributed by atoms with E-state index in [-0.39, 0.29) is 0 Å². The molecule has 2 N–H and O–H groups in total. The molecule has 0 bridgehead atoms. The fraction of sp³-hybridized carbons (Fsp3) is 0.818. The Morgan fingerprint density at radius 2 is 2.19 bits per heavy atom. The predicted octanol–water partition coefficient (Wildman–Crippen LogP) is 0.650. The van der Waals surface area contributed by atoms with Gasteiger partial charge in [0.2, 0.25) is 5.88 Å². The number of nitrogens with one attached hydrogen (secondary N) is 1. The largest absolute Gasteiger partial charge is 0.396 e. The SMILES string of the molecule is CC(C)N1C=C(N2CCC(CO)CC2)ON1. The summed E-state index contributed by atoms with van der Waals surface area (Å²) in [6, 6.07) is 0.382. The number of hydrogen-bond acceptors (Lipinski definition) is 5. The highest BCUT2D eigenvalue weighted by atomic mass is 16.7. The summed E-state index contributed by atoms with van der Waals surface area (Å²) in [7, 11) is 0. The first-order valence-electron chi connectivity index (χ1n) is 5.99. The molecule has 1 saturated heterocycles. The van der Waals surface area contributed by atoms with Crippen LogP contribution in [0.4, 0.5) is 0 Å². The van der Waals surface area contributed by atoms with Gasteiger partial charge in [0.15, 0.2) is 0 Å². The third-order valence-corrected chi connectivity index (χ3v) is 3.25. The van der Waals surface area contributed by atoms with E-state index in [1.165, 1.54) is 0 Å². The molecule has 0 aromatic carbocycles. The van der Waals surface area contributed by atoms with Crippen molar-refractivity contribution >= 4 is 0 Å². The summed E-state index contributed by atoms with van der Waals surface area (Å²) < 4.78 is 0. The first-order chi connectivity index (χ1) is 7.70. The van der Waals surface area contributed by atoms with Crippen molar-refractivity contribution in [3.63, 3.8) is 0 Å². The average molecular weight is 227 g/mol. The topological polar surface area (TPSA) is 48.0 Å². The molecule has 2 aliphatic heterocycles. The highest BCUT2D eigenvalue weighted by molar-refractivity contribution is 4.97. The van der Waals surface area contributed by atoms with Crippen molar-refractivity contribution in [3.05, 3.63) is 12.1 Å². The molecule has 0 aliphatic carbocycles. The Hall–Kier alpha value is -0.940. The van der Waals surface area contributed by atoms with Gasteiger partial charge in [0.05, 0.1) is 6.20 Å². The van der Waals surface area contributed by atoms with Crippen LogP contribution in [0, 0.1) is 5.92 Å². The second-order valence-corrected chi connectivity index (χ2v) is 4.77. The van der Waals surface area contributed by atoms with Crippen molar-refractivity contribution in [2.45, 2.75) is 32.7 Å². The smallest absolute Gasteiger partial charge is 0.234 e. The molecular formula is C11H21N3O2. The number of aliphatic hydroxyl groups excluding tert-OH is 1. The Balaban J connectivity index is 1.88. The van der Waals surface area contributed by atoms with E-state index in [0.29, 0.717) is 18.6 Å². The molecule has 0 aromatic heterocycles. The van der Waals surface area contributed by atoms with E-state index in [2.05, 4.69) is 24.3 Å². The molecule has 0 spiro atoms. The van der Waals surface area contributed by atoms with E-state index < -0.39 is 0 Å². The maximum Gasteiger partial charge on any atom is 0.234 e. The molecule has 0 atom stereocenters. The highest BCUT2D eigenvalue weighted by Crippen LogP contribution is 2.22. The van der Waals surface area contributed by atoms with Crippen LogP contribution in [0.1, 0.15) is 26.7 Å². The van der Waals surface area contributed by atoms with Gasteiger partial charge in [-0.2, -0.15) is 0 Å². The second kappa shape index (κ2) is 4.93. The van der Waals surface area contributed by atoms with Gasteiger partial charge in [-0.3, -0.25) is 5.01 Å². The van der Waals surface area contributed by atoms with Crippen LogP contribution in [-0.4, -0.2) is 40.8 Å². The van der Waals surface area contributed by atoms with Gasteiger partial charge in [0, 0.05) is 25.7 Å². The Morgan fingerprint density at radius 3 is 2.69 bits per heavy atom. The summed E-state index contributed by atoms with van der Waals surface area (Å²) in [5, 5.41) is 11.0. The lowest BCUT2D eigenvalue weighted by molar-refractivity contribution is -0.0269. The third kappa shape index (κ3) is 2.41. The van der Waals surface area contributed by atoms with Crippen LogP contribution < -0.4 is 5.59 Å². The summed E-state index contributed by atoms with van der Waals surface area (Å²) >= 11 is 0. The molecule has 2 rings (SSSR count). The van der Waals surface area contributed by atoms with E-state index in [1.807, 2.05) is 11.2 Å². The van der Waals surface area contributed by atoms with E-state index in [0.717, 1.165) is 31.8 Å².